The van der Waals surface area contributed by atoms with Crippen LogP contribution in [-0.2, 0) is 28.9 Å². The highest BCUT2D eigenvalue weighted by Gasteiger charge is 2.33. The largest absolute Gasteiger partial charge is 0.481 e. The van der Waals surface area contributed by atoms with Crippen LogP contribution in [0.2, 0.25) is 0 Å². The maximum absolute atomic E-state index is 12.5. The van der Waals surface area contributed by atoms with E-state index >= 15 is 0 Å². The van der Waals surface area contributed by atoms with E-state index in [4.69, 9.17) is 22.4 Å². The quantitative estimate of drug-likeness (QED) is 0.558. The van der Waals surface area contributed by atoms with Crippen molar-refractivity contribution in [2.24, 2.45) is 0 Å². The number of carbonyl (C=O) groups is 2. The van der Waals surface area contributed by atoms with Crippen molar-refractivity contribution in [1.82, 2.24) is 4.90 Å². The molecule has 1 aliphatic heterocycles. The molecule has 6 nitrogen and oxygen atoms in total. The maximum atomic E-state index is 12.5. The number of hydrogen-bond acceptors (Lipinski definition) is 4. The monoisotopic (exact) mass is 427 g/mol. The van der Waals surface area contributed by atoms with Crippen molar-refractivity contribution in [2.45, 2.75) is 25.4 Å². The Morgan fingerprint density at radius 1 is 1.06 bits per heavy atom. The number of nitrogens with zero attached hydrogens (tertiary/aromatic N) is 1. The van der Waals surface area contributed by atoms with Gasteiger partial charge in [-0.25, -0.2) is 4.79 Å². The lowest BCUT2D eigenvalue weighted by Crippen LogP contribution is -2.34. The average molecular weight is 427 g/mol. The zero-order valence-corrected chi connectivity index (χ0v) is 17.4. The molecule has 0 bridgehead atoms. The fraction of sp³-hybridized carbons (Fsp3) is 0.200. The lowest BCUT2D eigenvalue weighted by atomic mass is 9.93. The van der Waals surface area contributed by atoms with Crippen molar-refractivity contribution in [3.8, 4) is 11.5 Å². The molecule has 3 aromatic carbocycles. The molecule has 4 rings (SSSR count). The van der Waals surface area contributed by atoms with E-state index in [1.54, 1.807) is 47.4 Å². The Morgan fingerprint density at radius 2 is 1.84 bits per heavy atom. The van der Waals surface area contributed by atoms with Gasteiger partial charge < -0.3 is 14.6 Å². The molecule has 1 heterocycles. The summed E-state index contributed by atoms with van der Waals surface area (Å²) >= 11 is 0. The molecule has 0 aromatic heterocycles. The first-order chi connectivity index (χ1) is 15.5. The van der Waals surface area contributed by atoms with Crippen LogP contribution >= 0.6 is 0 Å². The number of aliphatic carboxylic acids is 1. The number of amides is 1. The predicted molar refractivity (Wildman–Crippen MR) is 121 cm³/mol. The molecule has 7 heteroatoms. The lowest BCUT2D eigenvalue weighted by Gasteiger charge is -2.23. The normalized spacial score (nSPS) is 15.4. The summed E-state index contributed by atoms with van der Waals surface area (Å²) in [5.41, 5.74) is 3.06. The molecule has 1 atom stereocenters. The smallest absolute Gasteiger partial charge is 0.410 e. The minimum Gasteiger partial charge on any atom is -0.481 e. The summed E-state index contributed by atoms with van der Waals surface area (Å²) in [4.78, 5) is 25.2. The molecule has 2 radical (unpaired) electrons. The summed E-state index contributed by atoms with van der Waals surface area (Å²) in [5, 5.41) is 9.03. The van der Waals surface area contributed by atoms with Gasteiger partial charge in [0.25, 0.3) is 0 Å². The molecule has 1 amide bonds. The fourth-order valence-electron chi connectivity index (χ4n) is 3.76. The van der Waals surface area contributed by atoms with Crippen molar-refractivity contribution >= 4 is 25.4 Å². The van der Waals surface area contributed by atoms with Crippen LogP contribution in [0.5, 0.6) is 11.5 Å². The Hall–Kier alpha value is -3.74. The minimum absolute atomic E-state index is 0.0907. The second-order valence-electron chi connectivity index (χ2n) is 7.74. The molecular formula is C25H22BNO5. The SMILES string of the molecule is [B]c1ccc(Oc2cccc(CC(=O)O)c2)c(CN2C(=O)OC[C@@H]2Cc2ccccc2)c1. The van der Waals surface area contributed by atoms with Crippen LogP contribution in [0.3, 0.4) is 0 Å². The van der Waals surface area contributed by atoms with E-state index in [2.05, 4.69) is 0 Å². The van der Waals surface area contributed by atoms with Crippen molar-refractivity contribution < 1.29 is 24.2 Å². The van der Waals surface area contributed by atoms with Gasteiger partial charge in [0, 0.05) is 5.56 Å². The van der Waals surface area contributed by atoms with Crippen molar-refractivity contribution in [3.05, 3.63) is 89.5 Å². The molecule has 32 heavy (non-hydrogen) atoms. The van der Waals surface area contributed by atoms with Gasteiger partial charge in [0.2, 0.25) is 0 Å². The minimum atomic E-state index is -0.910. The van der Waals surface area contributed by atoms with Crippen molar-refractivity contribution in [3.63, 3.8) is 0 Å². The van der Waals surface area contributed by atoms with Gasteiger partial charge in [-0.1, -0.05) is 60.1 Å². The number of ether oxygens (including phenoxy) is 2. The van der Waals surface area contributed by atoms with Gasteiger partial charge in [0.05, 0.1) is 19.0 Å². The number of carbonyl (C=O) groups excluding carboxylic acids is 1. The van der Waals surface area contributed by atoms with Gasteiger partial charge in [0.1, 0.15) is 26.0 Å². The number of rotatable bonds is 8. The number of carboxylic acid groups (broad SMARTS) is 1. The third-order valence-electron chi connectivity index (χ3n) is 5.30. The second-order valence-corrected chi connectivity index (χ2v) is 7.74. The predicted octanol–water partition coefficient (Wildman–Crippen LogP) is 3.46. The van der Waals surface area contributed by atoms with E-state index < -0.39 is 5.97 Å². The van der Waals surface area contributed by atoms with Gasteiger partial charge >= 0.3 is 12.1 Å². The first kappa shape index (κ1) is 21.5. The first-order valence-electron chi connectivity index (χ1n) is 10.3. The van der Waals surface area contributed by atoms with Crippen LogP contribution in [0.1, 0.15) is 16.7 Å². The van der Waals surface area contributed by atoms with Crippen LogP contribution in [-0.4, -0.2) is 42.6 Å². The molecule has 0 spiro atoms. The standard InChI is InChI=1S/C25H22BNO5/c26-20-9-10-23(32-22-8-4-7-18(12-22)13-24(28)29)19(14-20)15-27-21(16-31-25(27)30)11-17-5-2-1-3-6-17/h1-10,12,14,21H,11,13,15-16H2,(H,28,29)/t21-/m0/s1. The second kappa shape index (κ2) is 9.60. The Balaban J connectivity index is 1.55. The van der Waals surface area contributed by atoms with Gasteiger partial charge in [-0.3, -0.25) is 9.69 Å². The van der Waals surface area contributed by atoms with Crippen LogP contribution in [0, 0.1) is 0 Å². The van der Waals surface area contributed by atoms with Crippen LogP contribution in [0.4, 0.5) is 4.79 Å². The van der Waals surface area contributed by atoms with E-state index in [-0.39, 0.29) is 25.1 Å². The highest BCUT2D eigenvalue weighted by atomic mass is 16.6. The van der Waals surface area contributed by atoms with Crippen LogP contribution in [0.25, 0.3) is 0 Å². The van der Waals surface area contributed by atoms with E-state index in [9.17, 15) is 9.59 Å². The average Bonchev–Trinajstić information content (AvgIpc) is 3.10. The number of benzene rings is 3. The number of cyclic esters (lactones) is 1. The Morgan fingerprint density at radius 3 is 2.62 bits per heavy atom. The summed E-state index contributed by atoms with van der Waals surface area (Å²) in [5.74, 6) is 0.150. The van der Waals surface area contributed by atoms with E-state index in [0.29, 0.717) is 35.6 Å². The lowest BCUT2D eigenvalue weighted by molar-refractivity contribution is -0.136. The van der Waals surface area contributed by atoms with E-state index in [0.717, 1.165) is 11.1 Å². The summed E-state index contributed by atoms with van der Waals surface area (Å²) in [6, 6.07) is 22.0. The Labute approximate surface area is 187 Å². The summed E-state index contributed by atoms with van der Waals surface area (Å²) in [6.45, 7) is 0.606. The first-order valence-corrected chi connectivity index (χ1v) is 10.3. The number of carboxylic acids is 1. The molecule has 0 aliphatic carbocycles. The molecule has 0 saturated carbocycles. The van der Waals surface area contributed by atoms with E-state index in [1.807, 2.05) is 30.3 Å². The zero-order valence-electron chi connectivity index (χ0n) is 17.4. The van der Waals surface area contributed by atoms with E-state index in [1.165, 1.54) is 0 Å². The van der Waals surface area contributed by atoms with Crippen molar-refractivity contribution in [1.29, 1.82) is 0 Å². The fourth-order valence-corrected chi connectivity index (χ4v) is 3.76. The molecular weight excluding hydrogens is 405 g/mol. The van der Waals surface area contributed by atoms with Gasteiger partial charge in [-0.2, -0.15) is 0 Å². The molecule has 1 fully saturated rings. The van der Waals surface area contributed by atoms with Gasteiger partial charge in [0.15, 0.2) is 0 Å². The van der Waals surface area contributed by atoms with Crippen molar-refractivity contribution in [2.75, 3.05) is 6.61 Å². The maximum Gasteiger partial charge on any atom is 0.410 e. The molecule has 0 unspecified atom stereocenters. The topological polar surface area (TPSA) is 76.1 Å². The third-order valence-corrected chi connectivity index (χ3v) is 5.30. The third kappa shape index (κ3) is 5.30. The Bertz CT molecular complexity index is 1120. The number of hydrogen-bond donors (Lipinski definition) is 1. The Kier molecular flexibility index (Phi) is 6.45. The summed E-state index contributed by atoms with van der Waals surface area (Å²) in [7, 11) is 6.01. The molecule has 160 valence electrons. The summed E-state index contributed by atoms with van der Waals surface area (Å²) < 4.78 is 11.4. The highest BCUT2D eigenvalue weighted by molar-refractivity contribution is 6.32. The van der Waals surface area contributed by atoms with Gasteiger partial charge in [-0.15, -0.1) is 0 Å². The highest BCUT2D eigenvalue weighted by Crippen LogP contribution is 2.29. The molecule has 1 N–H and O–H groups in total. The molecule has 1 saturated heterocycles. The molecule has 1 aliphatic rings. The van der Waals surface area contributed by atoms with Crippen LogP contribution < -0.4 is 10.2 Å². The van der Waals surface area contributed by atoms with Gasteiger partial charge in [-0.05, 0) is 35.7 Å². The van der Waals surface area contributed by atoms with Crippen LogP contribution in [0.15, 0.2) is 72.8 Å². The summed E-state index contributed by atoms with van der Waals surface area (Å²) in [6.07, 6.45) is 0.220. The molecule has 3 aromatic rings. The zero-order chi connectivity index (χ0) is 22.5.